The fourth-order valence-electron chi connectivity index (χ4n) is 2.57. The van der Waals surface area contributed by atoms with Crippen LogP contribution in [-0.4, -0.2) is 11.7 Å². The van der Waals surface area contributed by atoms with Crippen LogP contribution in [0, 0.1) is 11.7 Å². The molecule has 2 atom stereocenters. The van der Waals surface area contributed by atoms with Crippen LogP contribution in [0.3, 0.4) is 0 Å². The number of hydrogen-bond donors (Lipinski definition) is 1. The molecule has 15 heavy (non-hydrogen) atoms. The van der Waals surface area contributed by atoms with Crippen LogP contribution in [-0.2, 0) is 0 Å². The van der Waals surface area contributed by atoms with E-state index in [1.54, 1.807) is 0 Å². The van der Waals surface area contributed by atoms with E-state index in [9.17, 15) is 9.50 Å². The largest absolute Gasteiger partial charge is 0.396 e. The van der Waals surface area contributed by atoms with E-state index in [1.165, 1.54) is 30.5 Å². The van der Waals surface area contributed by atoms with Gasteiger partial charge < -0.3 is 5.11 Å². The summed E-state index contributed by atoms with van der Waals surface area (Å²) in [4.78, 5) is 0. The van der Waals surface area contributed by atoms with Crippen LogP contribution in [0.15, 0.2) is 24.3 Å². The topological polar surface area (TPSA) is 20.2 Å². The smallest absolute Gasteiger partial charge is 0.123 e. The molecule has 1 aromatic rings. The second kappa shape index (κ2) is 4.75. The van der Waals surface area contributed by atoms with Crippen LogP contribution in [0.5, 0.6) is 0 Å². The molecule has 0 heterocycles. The van der Waals surface area contributed by atoms with Crippen molar-refractivity contribution in [3.63, 3.8) is 0 Å². The van der Waals surface area contributed by atoms with Gasteiger partial charge in [0.2, 0.25) is 0 Å². The first-order valence-corrected chi connectivity index (χ1v) is 5.67. The minimum atomic E-state index is -0.185. The van der Waals surface area contributed by atoms with E-state index in [-0.39, 0.29) is 12.4 Å². The molecule has 1 N–H and O–H groups in total. The average molecular weight is 208 g/mol. The maximum Gasteiger partial charge on any atom is 0.123 e. The molecule has 1 aromatic carbocycles. The van der Waals surface area contributed by atoms with E-state index >= 15 is 0 Å². The highest BCUT2D eigenvalue weighted by atomic mass is 19.1. The quantitative estimate of drug-likeness (QED) is 0.791. The van der Waals surface area contributed by atoms with Gasteiger partial charge in [-0.25, -0.2) is 4.39 Å². The van der Waals surface area contributed by atoms with Gasteiger partial charge in [0, 0.05) is 6.61 Å². The molecule has 0 spiro atoms. The molecule has 1 saturated carbocycles. The van der Waals surface area contributed by atoms with Gasteiger partial charge in [-0.3, -0.25) is 0 Å². The average Bonchev–Trinajstić information content (AvgIpc) is 2.30. The highest BCUT2D eigenvalue weighted by Gasteiger charge is 2.25. The summed E-state index contributed by atoms with van der Waals surface area (Å²) in [5, 5.41) is 9.30. The SMILES string of the molecule is OC[C@H]1CCCC[C@@H]1c1ccc(F)cc1. The van der Waals surface area contributed by atoms with E-state index < -0.39 is 0 Å². The van der Waals surface area contributed by atoms with E-state index in [1.807, 2.05) is 12.1 Å². The fourth-order valence-corrected chi connectivity index (χ4v) is 2.57. The van der Waals surface area contributed by atoms with E-state index in [2.05, 4.69) is 0 Å². The lowest BCUT2D eigenvalue weighted by molar-refractivity contribution is 0.169. The molecular formula is C13H17FO. The van der Waals surface area contributed by atoms with E-state index in [0.717, 1.165) is 12.8 Å². The maximum atomic E-state index is 12.8. The van der Waals surface area contributed by atoms with Crippen molar-refractivity contribution >= 4 is 0 Å². The van der Waals surface area contributed by atoms with Gasteiger partial charge in [-0.15, -0.1) is 0 Å². The minimum Gasteiger partial charge on any atom is -0.396 e. The van der Waals surface area contributed by atoms with Crippen LogP contribution in [0.1, 0.15) is 37.2 Å². The summed E-state index contributed by atoms with van der Waals surface area (Å²) >= 11 is 0. The Morgan fingerprint density at radius 2 is 1.80 bits per heavy atom. The summed E-state index contributed by atoms with van der Waals surface area (Å²) in [5.41, 5.74) is 1.18. The monoisotopic (exact) mass is 208 g/mol. The summed E-state index contributed by atoms with van der Waals surface area (Å²) in [6.45, 7) is 0.252. The van der Waals surface area contributed by atoms with Crippen LogP contribution in [0.25, 0.3) is 0 Å². The number of hydrogen-bond acceptors (Lipinski definition) is 1. The first-order valence-electron chi connectivity index (χ1n) is 5.67. The zero-order chi connectivity index (χ0) is 10.7. The minimum absolute atomic E-state index is 0.185. The molecule has 0 amide bonds. The van der Waals surface area contributed by atoms with Crippen LogP contribution in [0.4, 0.5) is 4.39 Å². The van der Waals surface area contributed by atoms with Crippen molar-refractivity contribution in [1.29, 1.82) is 0 Å². The number of aliphatic hydroxyl groups is 1. The molecule has 0 bridgehead atoms. The Kier molecular flexibility index (Phi) is 3.37. The number of aliphatic hydroxyl groups excluding tert-OH is 1. The van der Waals surface area contributed by atoms with Gasteiger partial charge in [0.15, 0.2) is 0 Å². The van der Waals surface area contributed by atoms with Crippen molar-refractivity contribution < 1.29 is 9.50 Å². The highest BCUT2D eigenvalue weighted by molar-refractivity contribution is 5.21. The van der Waals surface area contributed by atoms with Gasteiger partial charge in [-0.2, -0.15) is 0 Å². The summed E-state index contributed by atoms with van der Waals surface area (Å²) in [7, 11) is 0. The molecule has 0 saturated heterocycles. The van der Waals surface area contributed by atoms with Gasteiger partial charge in [0.25, 0.3) is 0 Å². The Bertz CT molecular complexity index is 307. The Labute approximate surface area is 89.9 Å². The van der Waals surface area contributed by atoms with Gasteiger partial charge in [-0.05, 0) is 42.4 Å². The first-order chi connectivity index (χ1) is 7.31. The van der Waals surface area contributed by atoms with Gasteiger partial charge in [0.1, 0.15) is 5.82 Å². The maximum absolute atomic E-state index is 12.8. The fraction of sp³-hybridized carbons (Fsp3) is 0.538. The normalized spacial score (nSPS) is 26.5. The molecule has 0 aliphatic heterocycles. The van der Waals surface area contributed by atoms with Crippen molar-refractivity contribution in [3.8, 4) is 0 Å². The molecule has 0 unspecified atom stereocenters. The summed E-state index contributed by atoms with van der Waals surface area (Å²) < 4.78 is 12.8. The first kappa shape index (κ1) is 10.6. The predicted molar refractivity (Wildman–Crippen MR) is 58.2 cm³/mol. The Balaban J connectivity index is 2.16. The molecule has 1 aliphatic carbocycles. The van der Waals surface area contributed by atoms with Crippen molar-refractivity contribution in [1.82, 2.24) is 0 Å². The summed E-state index contributed by atoms with van der Waals surface area (Å²) in [6, 6.07) is 6.73. The standard InChI is InChI=1S/C13H17FO/c14-12-7-5-10(6-8-12)13-4-2-1-3-11(13)9-15/h5-8,11,13,15H,1-4,9H2/t11-,13-/m1/s1. The number of halogens is 1. The highest BCUT2D eigenvalue weighted by Crippen LogP contribution is 2.37. The third-order valence-corrected chi connectivity index (χ3v) is 3.44. The number of benzene rings is 1. The van der Waals surface area contributed by atoms with Crippen LogP contribution in [0.2, 0.25) is 0 Å². The van der Waals surface area contributed by atoms with Crippen molar-refractivity contribution in [2.75, 3.05) is 6.61 Å². The van der Waals surface area contributed by atoms with Gasteiger partial charge in [-0.1, -0.05) is 25.0 Å². The van der Waals surface area contributed by atoms with Crippen molar-refractivity contribution in [2.45, 2.75) is 31.6 Å². The molecule has 0 aromatic heterocycles. The predicted octanol–water partition coefficient (Wildman–Crippen LogP) is 3.09. The Hall–Kier alpha value is -0.890. The van der Waals surface area contributed by atoms with Crippen molar-refractivity contribution in [2.24, 2.45) is 5.92 Å². The summed E-state index contributed by atoms with van der Waals surface area (Å²) in [6.07, 6.45) is 4.65. The molecule has 82 valence electrons. The van der Waals surface area contributed by atoms with Gasteiger partial charge in [0.05, 0.1) is 0 Å². The second-order valence-corrected chi connectivity index (χ2v) is 4.39. The van der Waals surface area contributed by atoms with Crippen LogP contribution < -0.4 is 0 Å². The lowest BCUT2D eigenvalue weighted by Gasteiger charge is -2.30. The molecule has 1 aliphatic rings. The number of rotatable bonds is 2. The Morgan fingerprint density at radius 3 is 2.47 bits per heavy atom. The molecule has 1 nitrogen and oxygen atoms in total. The molecule has 2 heteroatoms. The lowest BCUT2D eigenvalue weighted by Crippen LogP contribution is -2.20. The third kappa shape index (κ3) is 2.37. The lowest BCUT2D eigenvalue weighted by atomic mass is 9.76. The third-order valence-electron chi connectivity index (χ3n) is 3.44. The van der Waals surface area contributed by atoms with Crippen molar-refractivity contribution in [3.05, 3.63) is 35.6 Å². The van der Waals surface area contributed by atoms with Gasteiger partial charge >= 0.3 is 0 Å². The Morgan fingerprint density at radius 1 is 1.13 bits per heavy atom. The zero-order valence-electron chi connectivity index (χ0n) is 8.82. The van der Waals surface area contributed by atoms with Crippen LogP contribution >= 0.6 is 0 Å². The van der Waals surface area contributed by atoms with E-state index in [0.29, 0.717) is 11.8 Å². The summed E-state index contributed by atoms with van der Waals surface area (Å²) in [5.74, 6) is 0.601. The van der Waals surface area contributed by atoms with E-state index in [4.69, 9.17) is 0 Å². The second-order valence-electron chi connectivity index (χ2n) is 4.39. The molecule has 1 fully saturated rings. The molecule has 0 radical (unpaired) electrons. The zero-order valence-corrected chi connectivity index (χ0v) is 8.82. The molecule has 2 rings (SSSR count). The molecular weight excluding hydrogens is 191 g/mol.